The summed E-state index contributed by atoms with van der Waals surface area (Å²) in [5.41, 5.74) is 0.328. The molecule has 0 unspecified atom stereocenters. The smallest absolute Gasteiger partial charge is 0.251 e. The molecule has 1 amide bonds. The zero-order valence-corrected chi connectivity index (χ0v) is 8.11. The van der Waals surface area contributed by atoms with E-state index in [1.807, 2.05) is 13.8 Å². The third-order valence-corrected chi connectivity index (χ3v) is 1.66. The molecule has 0 atom stereocenters. The van der Waals surface area contributed by atoms with E-state index in [1.54, 1.807) is 0 Å². The molecule has 0 heterocycles. The first kappa shape index (κ1) is 10.4. The molecule has 0 saturated heterocycles. The lowest BCUT2D eigenvalue weighted by Crippen LogP contribution is -2.29. The molecule has 0 aliphatic heterocycles. The fourth-order valence-electron chi connectivity index (χ4n) is 1.01. The molecule has 0 radical (unpaired) electrons. The van der Waals surface area contributed by atoms with E-state index < -0.39 is 0 Å². The van der Waals surface area contributed by atoms with Crippen molar-refractivity contribution in [2.24, 2.45) is 0 Å². The highest BCUT2D eigenvalue weighted by Gasteiger charge is 2.09. The van der Waals surface area contributed by atoms with Gasteiger partial charge >= 0.3 is 0 Å². The lowest BCUT2D eigenvalue weighted by atomic mass is 10.2. The van der Waals surface area contributed by atoms with Crippen LogP contribution in [0.5, 0.6) is 11.5 Å². The van der Waals surface area contributed by atoms with Crippen LogP contribution < -0.4 is 5.32 Å². The van der Waals surface area contributed by atoms with Gasteiger partial charge in [-0.3, -0.25) is 4.79 Å². The predicted octanol–water partition coefficient (Wildman–Crippen LogP) is 1.24. The normalized spacial score (nSPS) is 10.2. The fourth-order valence-corrected chi connectivity index (χ4v) is 1.01. The second-order valence-electron chi connectivity index (χ2n) is 3.33. The monoisotopic (exact) mass is 195 g/mol. The zero-order chi connectivity index (χ0) is 10.7. The van der Waals surface area contributed by atoms with Crippen molar-refractivity contribution in [3.8, 4) is 11.5 Å². The molecule has 0 bridgehead atoms. The molecule has 0 saturated carbocycles. The van der Waals surface area contributed by atoms with E-state index in [9.17, 15) is 4.79 Å². The van der Waals surface area contributed by atoms with Gasteiger partial charge in [0.1, 0.15) is 0 Å². The summed E-state index contributed by atoms with van der Waals surface area (Å²) in [6.07, 6.45) is 0. The maximum Gasteiger partial charge on any atom is 0.251 e. The summed E-state index contributed by atoms with van der Waals surface area (Å²) in [5, 5.41) is 20.9. The summed E-state index contributed by atoms with van der Waals surface area (Å²) < 4.78 is 0. The van der Waals surface area contributed by atoms with Crippen molar-refractivity contribution in [3.63, 3.8) is 0 Å². The van der Waals surface area contributed by atoms with Crippen LogP contribution in [0.4, 0.5) is 0 Å². The van der Waals surface area contributed by atoms with Gasteiger partial charge in [-0.05, 0) is 32.0 Å². The second kappa shape index (κ2) is 4.00. The average molecular weight is 195 g/mol. The highest BCUT2D eigenvalue weighted by atomic mass is 16.3. The Bertz CT molecular complexity index is 347. The van der Waals surface area contributed by atoms with Gasteiger partial charge in [-0.15, -0.1) is 0 Å². The van der Waals surface area contributed by atoms with E-state index in [0.717, 1.165) is 0 Å². The van der Waals surface area contributed by atoms with Crippen LogP contribution in [0.1, 0.15) is 24.2 Å². The van der Waals surface area contributed by atoms with E-state index >= 15 is 0 Å². The fraction of sp³-hybridized carbons (Fsp3) is 0.300. The Morgan fingerprint density at radius 2 is 1.93 bits per heavy atom. The van der Waals surface area contributed by atoms with E-state index in [0.29, 0.717) is 5.56 Å². The van der Waals surface area contributed by atoms with Crippen LogP contribution in [0, 0.1) is 0 Å². The van der Waals surface area contributed by atoms with Gasteiger partial charge in [0.15, 0.2) is 11.5 Å². The first-order valence-corrected chi connectivity index (χ1v) is 4.33. The van der Waals surface area contributed by atoms with Crippen LogP contribution in [0.15, 0.2) is 18.2 Å². The number of rotatable bonds is 2. The summed E-state index contributed by atoms with van der Waals surface area (Å²) in [5.74, 6) is -0.789. The van der Waals surface area contributed by atoms with Crippen molar-refractivity contribution in [3.05, 3.63) is 23.8 Å². The van der Waals surface area contributed by atoms with Crippen LogP contribution in [0.3, 0.4) is 0 Å². The lowest BCUT2D eigenvalue weighted by Gasteiger charge is -2.08. The largest absolute Gasteiger partial charge is 0.504 e. The number of benzene rings is 1. The maximum atomic E-state index is 11.4. The van der Waals surface area contributed by atoms with E-state index in [2.05, 4.69) is 5.32 Å². The first-order chi connectivity index (χ1) is 6.50. The Morgan fingerprint density at radius 1 is 1.29 bits per heavy atom. The highest BCUT2D eigenvalue weighted by Crippen LogP contribution is 2.24. The van der Waals surface area contributed by atoms with Gasteiger partial charge < -0.3 is 15.5 Å². The van der Waals surface area contributed by atoms with E-state index in [1.165, 1.54) is 18.2 Å². The van der Waals surface area contributed by atoms with Crippen LogP contribution in [-0.4, -0.2) is 22.2 Å². The molecule has 4 heteroatoms. The van der Waals surface area contributed by atoms with Gasteiger partial charge in [0.2, 0.25) is 0 Å². The van der Waals surface area contributed by atoms with Crippen LogP contribution in [0.2, 0.25) is 0 Å². The number of amides is 1. The molecule has 76 valence electrons. The molecule has 0 spiro atoms. The van der Waals surface area contributed by atoms with E-state index in [4.69, 9.17) is 10.2 Å². The molecular formula is C10H13NO3. The second-order valence-corrected chi connectivity index (χ2v) is 3.33. The number of hydrogen-bond acceptors (Lipinski definition) is 3. The average Bonchev–Trinajstić information content (AvgIpc) is 2.08. The molecule has 0 aliphatic rings. The van der Waals surface area contributed by atoms with Crippen LogP contribution >= 0.6 is 0 Å². The first-order valence-electron chi connectivity index (χ1n) is 4.33. The summed E-state index contributed by atoms with van der Waals surface area (Å²) >= 11 is 0. The van der Waals surface area contributed by atoms with Crippen molar-refractivity contribution < 1.29 is 15.0 Å². The van der Waals surface area contributed by atoms with Gasteiger partial charge in [0.25, 0.3) is 5.91 Å². The Morgan fingerprint density at radius 3 is 2.43 bits per heavy atom. The van der Waals surface area contributed by atoms with Crippen molar-refractivity contribution in [1.82, 2.24) is 5.32 Å². The Balaban J connectivity index is 2.86. The molecule has 1 aromatic carbocycles. The Hall–Kier alpha value is -1.71. The minimum atomic E-state index is -0.290. The number of nitrogens with one attached hydrogen (secondary N) is 1. The summed E-state index contributed by atoms with van der Waals surface area (Å²) in [7, 11) is 0. The summed E-state index contributed by atoms with van der Waals surface area (Å²) in [6, 6.07) is 4.00. The number of carbonyl (C=O) groups is 1. The third-order valence-electron chi connectivity index (χ3n) is 1.66. The molecule has 14 heavy (non-hydrogen) atoms. The molecule has 1 aromatic rings. The van der Waals surface area contributed by atoms with Gasteiger partial charge in [0.05, 0.1) is 0 Å². The standard InChI is InChI=1S/C10H13NO3/c1-6(2)11-10(14)7-3-4-8(12)9(13)5-7/h3-6,12-13H,1-2H3,(H,11,14). The van der Waals surface area contributed by atoms with Crippen LogP contribution in [-0.2, 0) is 0 Å². The van der Waals surface area contributed by atoms with Gasteiger partial charge in [-0.1, -0.05) is 0 Å². The lowest BCUT2D eigenvalue weighted by molar-refractivity contribution is 0.0942. The Labute approximate surface area is 82.2 Å². The van der Waals surface area contributed by atoms with Crippen LogP contribution in [0.25, 0.3) is 0 Å². The summed E-state index contributed by atoms with van der Waals surface area (Å²) in [4.78, 5) is 11.4. The van der Waals surface area contributed by atoms with Crippen molar-refractivity contribution >= 4 is 5.91 Å². The molecule has 0 aliphatic carbocycles. The number of phenols is 2. The maximum absolute atomic E-state index is 11.4. The SMILES string of the molecule is CC(C)NC(=O)c1ccc(O)c(O)c1. The van der Waals surface area contributed by atoms with Gasteiger partial charge in [-0.2, -0.15) is 0 Å². The topological polar surface area (TPSA) is 69.6 Å². The molecule has 4 nitrogen and oxygen atoms in total. The molecule has 1 rings (SSSR count). The minimum Gasteiger partial charge on any atom is -0.504 e. The van der Waals surface area contributed by atoms with E-state index in [-0.39, 0.29) is 23.4 Å². The molecule has 0 aromatic heterocycles. The zero-order valence-electron chi connectivity index (χ0n) is 8.11. The number of hydrogen-bond donors (Lipinski definition) is 3. The minimum absolute atomic E-state index is 0.0402. The molecular weight excluding hydrogens is 182 g/mol. The number of phenolic OH excluding ortho intramolecular Hbond substituents is 2. The van der Waals surface area contributed by atoms with Crippen molar-refractivity contribution in [2.75, 3.05) is 0 Å². The van der Waals surface area contributed by atoms with Crippen molar-refractivity contribution in [2.45, 2.75) is 19.9 Å². The summed E-state index contributed by atoms with van der Waals surface area (Å²) in [6.45, 7) is 3.69. The predicted molar refractivity (Wildman–Crippen MR) is 52.4 cm³/mol. The van der Waals surface area contributed by atoms with Gasteiger partial charge in [-0.25, -0.2) is 0 Å². The number of aromatic hydroxyl groups is 2. The molecule has 0 fully saturated rings. The third kappa shape index (κ3) is 2.39. The Kier molecular flexibility index (Phi) is 2.96. The number of carbonyl (C=O) groups excluding carboxylic acids is 1. The highest BCUT2D eigenvalue weighted by molar-refractivity contribution is 5.94. The van der Waals surface area contributed by atoms with Crippen molar-refractivity contribution in [1.29, 1.82) is 0 Å². The molecule has 3 N–H and O–H groups in total. The van der Waals surface area contributed by atoms with Gasteiger partial charge in [0, 0.05) is 11.6 Å². The quantitative estimate of drug-likeness (QED) is 0.622.